The molecule has 3 N–H and O–H groups in total. The normalized spacial score (nSPS) is 11.9. The number of rotatable bonds is 3. The number of nitrogens with one attached hydrogen (secondary N) is 1. The molecular formula is C13H20BrClN2O. The first-order chi connectivity index (χ1) is 7.82. The first-order valence-corrected chi connectivity index (χ1v) is 6.45. The second-order valence-corrected chi connectivity index (χ2v) is 5.48. The van der Waals surface area contributed by atoms with Crippen LogP contribution in [0, 0.1) is 19.8 Å². The molecule has 0 fully saturated rings. The van der Waals surface area contributed by atoms with Gasteiger partial charge in [0, 0.05) is 10.2 Å². The monoisotopic (exact) mass is 334 g/mol. The van der Waals surface area contributed by atoms with Crippen molar-refractivity contribution in [1.29, 1.82) is 0 Å². The summed E-state index contributed by atoms with van der Waals surface area (Å²) in [5.74, 6) is -0.00577. The van der Waals surface area contributed by atoms with E-state index in [2.05, 4.69) is 21.2 Å². The summed E-state index contributed by atoms with van der Waals surface area (Å²) in [5.41, 5.74) is 8.78. The van der Waals surface area contributed by atoms with Crippen molar-refractivity contribution in [2.24, 2.45) is 11.7 Å². The number of carbonyl (C=O) groups excluding carboxylic acids is 1. The van der Waals surface area contributed by atoms with E-state index in [0.717, 1.165) is 21.3 Å². The Morgan fingerprint density at radius 3 is 2.11 bits per heavy atom. The zero-order valence-electron chi connectivity index (χ0n) is 11.1. The maximum Gasteiger partial charge on any atom is 0.241 e. The van der Waals surface area contributed by atoms with Crippen LogP contribution < -0.4 is 11.1 Å². The number of halogens is 2. The number of aryl methyl sites for hydroxylation is 2. The van der Waals surface area contributed by atoms with Crippen molar-refractivity contribution in [3.05, 3.63) is 27.7 Å². The molecule has 0 bridgehead atoms. The van der Waals surface area contributed by atoms with Crippen molar-refractivity contribution in [3.8, 4) is 0 Å². The van der Waals surface area contributed by atoms with Crippen molar-refractivity contribution in [3.63, 3.8) is 0 Å². The summed E-state index contributed by atoms with van der Waals surface area (Å²) >= 11 is 3.49. The van der Waals surface area contributed by atoms with Crippen molar-refractivity contribution in [2.75, 3.05) is 5.32 Å². The Balaban J connectivity index is 0.00000289. The molecule has 0 aliphatic rings. The van der Waals surface area contributed by atoms with Gasteiger partial charge in [-0.1, -0.05) is 29.8 Å². The van der Waals surface area contributed by atoms with Crippen LogP contribution in [0.1, 0.15) is 25.0 Å². The van der Waals surface area contributed by atoms with Gasteiger partial charge < -0.3 is 11.1 Å². The molecule has 0 unspecified atom stereocenters. The molecule has 0 saturated heterocycles. The number of hydrogen-bond donors (Lipinski definition) is 2. The van der Waals surface area contributed by atoms with Gasteiger partial charge in [0.15, 0.2) is 0 Å². The Bertz CT molecular complexity index is 412. The van der Waals surface area contributed by atoms with Crippen LogP contribution in [-0.4, -0.2) is 11.9 Å². The Morgan fingerprint density at radius 2 is 1.72 bits per heavy atom. The lowest BCUT2D eigenvalue weighted by atomic mass is 10.0. The van der Waals surface area contributed by atoms with Gasteiger partial charge in [0.05, 0.1) is 6.04 Å². The van der Waals surface area contributed by atoms with E-state index >= 15 is 0 Å². The molecule has 5 heteroatoms. The van der Waals surface area contributed by atoms with E-state index in [1.807, 2.05) is 39.8 Å². The zero-order valence-corrected chi connectivity index (χ0v) is 13.5. The molecule has 0 aromatic heterocycles. The maximum absolute atomic E-state index is 11.8. The fourth-order valence-corrected chi connectivity index (χ4v) is 1.78. The maximum atomic E-state index is 11.8. The molecular weight excluding hydrogens is 316 g/mol. The van der Waals surface area contributed by atoms with Crippen LogP contribution in [0.15, 0.2) is 16.6 Å². The van der Waals surface area contributed by atoms with Crippen LogP contribution in [0.5, 0.6) is 0 Å². The number of hydrogen-bond acceptors (Lipinski definition) is 2. The van der Waals surface area contributed by atoms with Crippen LogP contribution in [0.25, 0.3) is 0 Å². The summed E-state index contributed by atoms with van der Waals surface area (Å²) in [5, 5.41) is 2.85. The Kier molecular flexibility index (Phi) is 6.89. The summed E-state index contributed by atoms with van der Waals surface area (Å²) < 4.78 is 1.07. The molecule has 102 valence electrons. The Morgan fingerprint density at radius 1 is 1.28 bits per heavy atom. The van der Waals surface area contributed by atoms with Crippen LogP contribution in [-0.2, 0) is 4.79 Å². The van der Waals surface area contributed by atoms with Gasteiger partial charge >= 0.3 is 0 Å². The molecule has 1 rings (SSSR count). The van der Waals surface area contributed by atoms with E-state index in [-0.39, 0.29) is 24.2 Å². The summed E-state index contributed by atoms with van der Waals surface area (Å²) in [7, 11) is 0. The lowest BCUT2D eigenvalue weighted by Crippen LogP contribution is -2.39. The number of nitrogens with two attached hydrogens (primary N) is 1. The standard InChI is InChI=1S/C13H19BrN2O.ClH/c1-7(2)12(15)13(17)16-10-5-8(3)11(14)9(4)6-10;/h5-7,12H,15H2,1-4H3,(H,16,17);1H/t12-;/m0./s1. The zero-order chi connectivity index (χ0) is 13.2. The molecule has 18 heavy (non-hydrogen) atoms. The van der Waals surface area contributed by atoms with Gasteiger partial charge in [-0.05, 0) is 43.0 Å². The highest BCUT2D eigenvalue weighted by molar-refractivity contribution is 9.10. The predicted molar refractivity (Wildman–Crippen MR) is 82.3 cm³/mol. The average molecular weight is 336 g/mol. The van der Waals surface area contributed by atoms with E-state index in [1.165, 1.54) is 0 Å². The van der Waals surface area contributed by atoms with Gasteiger partial charge in [-0.25, -0.2) is 0 Å². The van der Waals surface area contributed by atoms with Crippen LogP contribution in [0.3, 0.4) is 0 Å². The summed E-state index contributed by atoms with van der Waals surface area (Å²) in [6, 6.07) is 3.39. The molecule has 1 aromatic rings. The third-order valence-corrected chi connectivity index (χ3v) is 3.98. The lowest BCUT2D eigenvalue weighted by molar-refractivity contribution is -0.118. The van der Waals surface area contributed by atoms with Gasteiger partial charge in [0.2, 0.25) is 5.91 Å². The first-order valence-electron chi connectivity index (χ1n) is 5.66. The van der Waals surface area contributed by atoms with Gasteiger partial charge in [-0.3, -0.25) is 4.79 Å². The van der Waals surface area contributed by atoms with Gasteiger partial charge in [-0.2, -0.15) is 0 Å². The highest BCUT2D eigenvalue weighted by atomic mass is 79.9. The first kappa shape index (κ1) is 17.4. The van der Waals surface area contributed by atoms with Gasteiger partial charge in [0.25, 0.3) is 0 Å². The number of carbonyl (C=O) groups is 1. The third-order valence-electron chi connectivity index (χ3n) is 2.72. The molecule has 0 aliphatic carbocycles. The summed E-state index contributed by atoms with van der Waals surface area (Å²) in [4.78, 5) is 11.8. The van der Waals surface area contributed by atoms with Gasteiger partial charge in [0.1, 0.15) is 0 Å². The smallest absolute Gasteiger partial charge is 0.241 e. The molecule has 0 radical (unpaired) electrons. The molecule has 0 saturated carbocycles. The number of amides is 1. The minimum Gasteiger partial charge on any atom is -0.325 e. The molecule has 0 spiro atoms. The SMILES string of the molecule is Cc1cc(NC(=O)[C@@H](N)C(C)C)cc(C)c1Br.Cl. The van der Waals surface area contributed by atoms with E-state index in [9.17, 15) is 4.79 Å². The molecule has 1 amide bonds. The topological polar surface area (TPSA) is 55.1 Å². The second-order valence-electron chi connectivity index (χ2n) is 4.68. The predicted octanol–water partition coefficient (Wildman–Crippen LogP) is 3.41. The molecule has 3 nitrogen and oxygen atoms in total. The average Bonchev–Trinajstić information content (AvgIpc) is 2.24. The molecule has 1 aromatic carbocycles. The summed E-state index contributed by atoms with van der Waals surface area (Å²) in [6.45, 7) is 7.86. The third kappa shape index (κ3) is 4.26. The quantitative estimate of drug-likeness (QED) is 0.889. The number of anilines is 1. The highest BCUT2D eigenvalue weighted by Crippen LogP contribution is 2.25. The number of benzene rings is 1. The molecule has 0 aliphatic heterocycles. The fourth-order valence-electron chi connectivity index (χ4n) is 1.55. The summed E-state index contributed by atoms with van der Waals surface area (Å²) in [6.07, 6.45) is 0. The van der Waals surface area contributed by atoms with Gasteiger partial charge in [-0.15, -0.1) is 12.4 Å². The van der Waals surface area contributed by atoms with E-state index in [4.69, 9.17) is 5.73 Å². The van der Waals surface area contributed by atoms with Crippen LogP contribution in [0.2, 0.25) is 0 Å². The molecule has 1 atom stereocenters. The van der Waals surface area contributed by atoms with Crippen molar-refractivity contribution in [1.82, 2.24) is 0 Å². The van der Waals surface area contributed by atoms with E-state index < -0.39 is 6.04 Å². The van der Waals surface area contributed by atoms with Crippen molar-refractivity contribution < 1.29 is 4.79 Å². The Labute approximate surface area is 123 Å². The largest absolute Gasteiger partial charge is 0.325 e. The minimum absolute atomic E-state index is 0. The van der Waals surface area contributed by atoms with E-state index in [1.54, 1.807) is 0 Å². The van der Waals surface area contributed by atoms with Crippen LogP contribution in [0.4, 0.5) is 5.69 Å². The molecule has 0 heterocycles. The van der Waals surface area contributed by atoms with E-state index in [0.29, 0.717) is 0 Å². The second kappa shape index (κ2) is 7.12. The Hall–Kier alpha value is -0.580. The lowest BCUT2D eigenvalue weighted by Gasteiger charge is -2.16. The van der Waals surface area contributed by atoms with Crippen molar-refractivity contribution >= 4 is 39.9 Å². The highest BCUT2D eigenvalue weighted by Gasteiger charge is 2.17. The van der Waals surface area contributed by atoms with Crippen molar-refractivity contribution in [2.45, 2.75) is 33.7 Å². The van der Waals surface area contributed by atoms with Crippen LogP contribution >= 0.6 is 28.3 Å². The fraction of sp³-hybridized carbons (Fsp3) is 0.462. The minimum atomic E-state index is -0.473.